The van der Waals surface area contributed by atoms with Gasteiger partial charge in [0.1, 0.15) is 7.05 Å². The maximum Gasteiger partial charge on any atom is 0.220 e. The summed E-state index contributed by atoms with van der Waals surface area (Å²) in [5.74, 6) is 0. The third-order valence-electron chi connectivity index (χ3n) is 5.14. The van der Waals surface area contributed by atoms with Crippen LogP contribution in [0, 0.1) is 20.4 Å². The molecule has 0 unspecified atom stereocenters. The third kappa shape index (κ3) is 2.96. The molecule has 4 aromatic rings. The number of aryl methyl sites for hydroxylation is 2. The van der Waals surface area contributed by atoms with Gasteiger partial charge in [0.15, 0.2) is 11.4 Å². The predicted molar refractivity (Wildman–Crippen MR) is 110 cm³/mol. The first kappa shape index (κ1) is 16.9. The van der Waals surface area contributed by atoms with Gasteiger partial charge in [0.25, 0.3) is 0 Å². The number of benzene rings is 2. The van der Waals surface area contributed by atoms with Gasteiger partial charge < -0.3 is 0 Å². The Kier molecular flexibility index (Phi) is 4.18. The molecule has 0 saturated heterocycles. The summed E-state index contributed by atoms with van der Waals surface area (Å²) in [5, 5.41) is 2.25. The average Bonchev–Trinajstić information content (AvgIpc) is 2.70. The predicted octanol–water partition coefficient (Wildman–Crippen LogP) is 5.56. The van der Waals surface area contributed by atoms with Gasteiger partial charge in [0, 0.05) is 30.9 Å². The van der Waals surface area contributed by atoms with Crippen LogP contribution in [0.3, 0.4) is 0 Å². The zero-order valence-corrected chi connectivity index (χ0v) is 15.7. The van der Waals surface area contributed by atoms with Crippen LogP contribution in [-0.2, 0) is 7.05 Å². The van der Waals surface area contributed by atoms with Crippen LogP contribution < -0.4 is 4.57 Å². The standard InChI is InChI=1S/C24H20N3/c1-16-7-8-18(19-6-5-11-26-15-19)14-23(16)24-22-10-9-21(25-3)13-20(22)12-17(2)27(24)4/h5-15H,1-2,4H3/q+1. The van der Waals surface area contributed by atoms with Gasteiger partial charge in [-0.05, 0) is 41.6 Å². The summed E-state index contributed by atoms with van der Waals surface area (Å²) in [7, 11) is 2.10. The van der Waals surface area contributed by atoms with Gasteiger partial charge in [-0.1, -0.05) is 30.3 Å². The zero-order chi connectivity index (χ0) is 19.0. The van der Waals surface area contributed by atoms with Crippen molar-refractivity contribution in [3.8, 4) is 22.4 Å². The van der Waals surface area contributed by atoms with Crippen LogP contribution in [-0.4, -0.2) is 4.98 Å². The number of pyridine rings is 2. The number of rotatable bonds is 2. The lowest BCUT2D eigenvalue weighted by Crippen LogP contribution is -2.35. The van der Waals surface area contributed by atoms with E-state index in [9.17, 15) is 0 Å². The van der Waals surface area contributed by atoms with Crippen LogP contribution in [0.4, 0.5) is 5.69 Å². The lowest BCUT2D eigenvalue weighted by atomic mass is 9.95. The van der Waals surface area contributed by atoms with Crippen molar-refractivity contribution in [1.82, 2.24) is 4.98 Å². The number of hydrogen-bond donors (Lipinski definition) is 0. The van der Waals surface area contributed by atoms with Crippen molar-refractivity contribution in [3.05, 3.63) is 89.7 Å². The van der Waals surface area contributed by atoms with Crippen LogP contribution in [0.25, 0.3) is 38.0 Å². The van der Waals surface area contributed by atoms with E-state index in [1.807, 2.05) is 24.4 Å². The number of fused-ring (bicyclic) bond motifs is 1. The van der Waals surface area contributed by atoms with Gasteiger partial charge in [0.2, 0.25) is 5.69 Å². The quantitative estimate of drug-likeness (QED) is 0.342. The Bertz CT molecular complexity index is 1200. The number of aromatic nitrogens is 2. The molecule has 0 aliphatic carbocycles. The first-order valence-electron chi connectivity index (χ1n) is 8.91. The Hall–Kier alpha value is -3.51. The lowest BCUT2D eigenvalue weighted by molar-refractivity contribution is -0.665. The van der Waals surface area contributed by atoms with E-state index in [1.165, 1.54) is 16.8 Å². The molecule has 0 atom stereocenters. The van der Waals surface area contributed by atoms with Crippen LogP contribution in [0.15, 0.2) is 67.0 Å². The minimum atomic E-state index is 0.669. The molecule has 2 heterocycles. The molecular weight excluding hydrogens is 330 g/mol. The second kappa shape index (κ2) is 6.66. The fourth-order valence-electron chi connectivity index (χ4n) is 3.55. The van der Waals surface area contributed by atoms with Crippen molar-refractivity contribution in [1.29, 1.82) is 0 Å². The molecule has 0 fully saturated rings. The van der Waals surface area contributed by atoms with E-state index in [2.05, 4.69) is 71.7 Å². The van der Waals surface area contributed by atoms with Crippen LogP contribution in [0.5, 0.6) is 0 Å². The van der Waals surface area contributed by atoms with Crippen LogP contribution in [0.1, 0.15) is 11.3 Å². The van der Waals surface area contributed by atoms with E-state index in [0.29, 0.717) is 5.69 Å². The number of hydrogen-bond acceptors (Lipinski definition) is 1. The highest BCUT2D eigenvalue weighted by Gasteiger charge is 2.20. The molecular formula is C24H20N3+. The molecule has 3 heteroatoms. The average molecular weight is 350 g/mol. The van der Waals surface area contributed by atoms with E-state index in [1.54, 1.807) is 6.20 Å². The Morgan fingerprint density at radius 2 is 1.81 bits per heavy atom. The van der Waals surface area contributed by atoms with E-state index in [0.717, 1.165) is 27.6 Å². The van der Waals surface area contributed by atoms with E-state index in [-0.39, 0.29) is 0 Å². The molecule has 130 valence electrons. The van der Waals surface area contributed by atoms with Crippen LogP contribution in [0.2, 0.25) is 0 Å². The molecule has 3 nitrogen and oxygen atoms in total. The Labute approximate surface area is 159 Å². The lowest BCUT2D eigenvalue weighted by Gasteiger charge is -2.12. The second-order valence-electron chi connectivity index (χ2n) is 6.85. The van der Waals surface area contributed by atoms with Crippen molar-refractivity contribution >= 4 is 16.5 Å². The molecule has 0 saturated carbocycles. The summed E-state index contributed by atoms with van der Waals surface area (Å²) in [6.07, 6.45) is 3.69. The summed E-state index contributed by atoms with van der Waals surface area (Å²) in [6.45, 7) is 11.6. The summed E-state index contributed by atoms with van der Waals surface area (Å²) >= 11 is 0. The first-order chi connectivity index (χ1) is 13.1. The molecule has 4 rings (SSSR count). The maximum absolute atomic E-state index is 7.30. The van der Waals surface area contributed by atoms with Gasteiger partial charge in [-0.2, -0.15) is 4.57 Å². The summed E-state index contributed by atoms with van der Waals surface area (Å²) in [6, 6.07) is 18.7. The second-order valence-corrected chi connectivity index (χ2v) is 6.85. The molecule has 0 radical (unpaired) electrons. The highest BCUT2D eigenvalue weighted by Crippen LogP contribution is 2.33. The van der Waals surface area contributed by atoms with Gasteiger partial charge in [0.05, 0.1) is 17.5 Å². The molecule has 27 heavy (non-hydrogen) atoms. The molecule has 0 aliphatic heterocycles. The van der Waals surface area contributed by atoms with E-state index >= 15 is 0 Å². The fraction of sp³-hybridized carbons (Fsp3) is 0.125. The first-order valence-corrected chi connectivity index (χ1v) is 8.91. The summed E-state index contributed by atoms with van der Waals surface area (Å²) in [4.78, 5) is 7.84. The van der Waals surface area contributed by atoms with E-state index < -0.39 is 0 Å². The maximum atomic E-state index is 7.30. The third-order valence-corrected chi connectivity index (χ3v) is 5.14. The Balaban J connectivity index is 2.02. The minimum Gasteiger partial charge on any atom is -0.264 e. The SMILES string of the molecule is [C-]#[N+]c1ccc2c(-c3cc(-c4cccnc4)ccc3C)[n+](C)c(C)cc2c1. The van der Waals surface area contributed by atoms with Gasteiger partial charge >= 0.3 is 0 Å². The molecule has 2 aromatic heterocycles. The molecule has 2 aromatic carbocycles. The van der Waals surface area contributed by atoms with E-state index in [4.69, 9.17) is 6.57 Å². The summed E-state index contributed by atoms with van der Waals surface area (Å²) in [5.41, 5.74) is 7.67. The highest BCUT2D eigenvalue weighted by molar-refractivity contribution is 5.96. The largest absolute Gasteiger partial charge is 0.264 e. The molecule has 0 bridgehead atoms. The Morgan fingerprint density at radius 1 is 0.963 bits per heavy atom. The molecule has 0 aliphatic rings. The summed E-state index contributed by atoms with van der Waals surface area (Å²) < 4.78 is 2.23. The molecule has 0 spiro atoms. The molecule has 0 amide bonds. The number of nitrogens with zero attached hydrogens (tertiary/aromatic N) is 3. The van der Waals surface area contributed by atoms with Crippen molar-refractivity contribution in [2.24, 2.45) is 7.05 Å². The van der Waals surface area contributed by atoms with Crippen molar-refractivity contribution in [3.63, 3.8) is 0 Å². The minimum absolute atomic E-state index is 0.669. The normalized spacial score (nSPS) is 10.7. The monoisotopic (exact) mass is 350 g/mol. The van der Waals surface area contributed by atoms with Gasteiger partial charge in [-0.3, -0.25) is 4.98 Å². The Morgan fingerprint density at radius 3 is 2.56 bits per heavy atom. The zero-order valence-electron chi connectivity index (χ0n) is 15.7. The smallest absolute Gasteiger partial charge is 0.220 e. The topological polar surface area (TPSA) is 21.1 Å². The van der Waals surface area contributed by atoms with Crippen LogP contribution >= 0.6 is 0 Å². The van der Waals surface area contributed by atoms with Gasteiger partial charge in [-0.25, -0.2) is 4.85 Å². The van der Waals surface area contributed by atoms with Crippen molar-refractivity contribution < 1.29 is 4.57 Å². The highest BCUT2D eigenvalue weighted by atomic mass is 14.9. The van der Waals surface area contributed by atoms with Crippen molar-refractivity contribution in [2.45, 2.75) is 13.8 Å². The van der Waals surface area contributed by atoms with Gasteiger partial charge in [-0.15, -0.1) is 0 Å². The fourth-order valence-corrected chi connectivity index (χ4v) is 3.55. The van der Waals surface area contributed by atoms with Crippen molar-refractivity contribution in [2.75, 3.05) is 0 Å². The molecule has 0 N–H and O–H groups in total.